The van der Waals surface area contributed by atoms with Crippen molar-refractivity contribution in [2.24, 2.45) is 11.7 Å². The number of primary amides is 1. The van der Waals surface area contributed by atoms with Crippen LogP contribution in [-0.2, 0) is 25.5 Å². The van der Waals surface area contributed by atoms with Gasteiger partial charge in [-0.2, -0.15) is 0 Å². The van der Waals surface area contributed by atoms with Gasteiger partial charge in [0.15, 0.2) is 6.10 Å². The molecule has 0 fully saturated rings. The Labute approximate surface area is 191 Å². The Morgan fingerprint density at radius 2 is 1.88 bits per heavy atom. The smallest absolute Gasteiger partial charge is 0.342 e. The largest absolute Gasteiger partial charge is 0.507 e. The van der Waals surface area contributed by atoms with Gasteiger partial charge in [0, 0.05) is 19.8 Å². The van der Waals surface area contributed by atoms with E-state index in [4.69, 9.17) is 10.5 Å². The lowest BCUT2D eigenvalue weighted by molar-refractivity contribution is -0.140. The SMILES string of the molecule is CC(=O)NC(CC(N)=O)C(O)C(O)C(=O)NC(CC(C)C)C1Cc2cccc(O)c2C(=O)O1. The summed E-state index contributed by atoms with van der Waals surface area (Å²) in [4.78, 5) is 47.8. The van der Waals surface area contributed by atoms with Crippen LogP contribution in [0.15, 0.2) is 18.2 Å². The molecule has 1 aromatic carbocycles. The molecule has 182 valence electrons. The summed E-state index contributed by atoms with van der Waals surface area (Å²) >= 11 is 0. The fourth-order valence-corrected chi connectivity index (χ4v) is 3.86. The summed E-state index contributed by atoms with van der Waals surface area (Å²) in [6.45, 7) is 4.95. The number of carbonyl (C=O) groups excluding carboxylic acids is 4. The second kappa shape index (κ2) is 11.1. The third-order valence-corrected chi connectivity index (χ3v) is 5.33. The van der Waals surface area contributed by atoms with Gasteiger partial charge in [0.2, 0.25) is 11.8 Å². The average Bonchev–Trinajstić information content (AvgIpc) is 2.70. The molecule has 1 heterocycles. The lowest BCUT2D eigenvalue weighted by Gasteiger charge is -2.34. The van der Waals surface area contributed by atoms with Gasteiger partial charge >= 0.3 is 5.97 Å². The van der Waals surface area contributed by atoms with Crippen molar-refractivity contribution in [1.82, 2.24) is 10.6 Å². The van der Waals surface area contributed by atoms with Crippen molar-refractivity contribution in [3.05, 3.63) is 29.3 Å². The quantitative estimate of drug-likeness (QED) is 0.240. The number of amides is 3. The molecule has 2 rings (SSSR count). The molecule has 1 aliphatic rings. The first-order chi connectivity index (χ1) is 15.4. The standard InChI is InChI=1S/C22H31N3O8/c1-10(2)7-13(16-8-12-5-4-6-15(27)18(12)22(32)33-16)25-21(31)20(30)19(29)14(9-17(23)28)24-11(3)26/h4-6,10,13-14,16,19-20,27,29-30H,7-9H2,1-3H3,(H2,23,28)(H,24,26)(H,25,31). The lowest BCUT2D eigenvalue weighted by atomic mass is 9.90. The van der Waals surface area contributed by atoms with Gasteiger partial charge in [-0.25, -0.2) is 4.79 Å². The van der Waals surface area contributed by atoms with Crippen LogP contribution >= 0.6 is 0 Å². The molecule has 3 amide bonds. The number of phenols is 1. The molecule has 7 N–H and O–H groups in total. The van der Waals surface area contributed by atoms with E-state index in [2.05, 4.69) is 10.6 Å². The fraction of sp³-hybridized carbons (Fsp3) is 0.545. The van der Waals surface area contributed by atoms with Crippen LogP contribution < -0.4 is 16.4 Å². The van der Waals surface area contributed by atoms with E-state index >= 15 is 0 Å². The Hall–Kier alpha value is -3.18. The minimum Gasteiger partial charge on any atom is -0.507 e. The first kappa shape index (κ1) is 26.1. The van der Waals surface area contributed by atoms with E-state index in [1.165, 1.54) is 6.07 Å². The first-order valence-corrected chi connectivity index (χ1v) is 10.6. The third-order valence-electron chi connectivity index (χ3n) is 5.33. The van der Waals surface area contributed by atoms with E-state index in [1.54, 1.807) is 12.1 Å². The lowest BCUT2D eigenvalue weighted by Crippen LogP contribution is -2.57. The molecule has 0 spiro atoms. The Kier molecular flexibility index (Phi) is 8.77. The van der Waals surface area contributed by atoms with Crippen LogP contribution in [-0.4, -0.2) is 69.4 Å². The van der Waals surface area contributed by atoms with Gasteiger partial charge < -0.3 is 36.4 Å². The number of rotatable bonds is 10. The van der Waals surface area contributed by atoms with Gasteiger partial charge in [0.25, 0.3) is 5.91 Å². The second-order valence-corrected chi connectivity index (χ2v) is 8.62. The van der Waals surface area contributed by atoms with Crippen molar-refractivity contribution in [1.29, 1.82) is 0 Å². The van der Waals surface area contributed by atoms with Crippen molar-refractivity contribution in [2.45, 2.75) is 70.4 Å². The third kappa shape index (κ3) is 6.90. The number of esters is 1. The zero-order chi connectivity index (χ0) is 24.9. The monoisotopic (exact) mass is 465 g/mol. The number of hydrogen-bond acceptors (Lipinski definition) is 8. The van der Waals surface area contributed by atoms with Crippen molar-refractivity contribution < 1.29 is 39.2 Å². The maximum atomic E-state index is 12.7. The molecule has 11 nitrogen and oxygen atoms in total. The van der Waals surface area contributed by atoms with E-state index in [0.29, 0.717) is 12.0 Å². The zero-order valence-electron chi connectivity index (χ0n) is 18.8. The van der Waals surface area contributed by atoms with Crippen LogP contribution in [0.25, 0.3) is 0 Å². The predicted octanol–water partition coefficient (Wildman–Crippen LogP) is -0.893. The van der Waals surface area contributed by atoms with E-state index in [0.717, 1.165) is 6.92 Å². The summed E-state index contributed by atoms with van der Waals surface area (Å²) in [5, 5.41) is 35.7. The average molecular weight is 466 g/mol. The van der Waals surface area contributed by atoms with E-state index < -0.39 is 60.5 Å². The number of aliphatic hydroxyl groups is 2. The molecule has 0 saturated carbocycles. The van der Waals surface area contributed by atoms with Crippen LogP contribution in [0, 0.1) is 5.92 Å². The van der Waals surface area contributed by atoms with Gasteiger partial charge in [0.1, 0.15) is 23.5 Å². The number of fused-ring (bicyclic) bond motifs is 1. The van der Waals surface area contributed by atoms with Gasteiger partial charge in [0.05, 0.1) is 12.1 Å². The van der Waals surface area contributed by atoms with Crippen LogP contribution in [0.5, 0.6) is 5.75 Å². The number of carbonyl (C=O) groups is 4. The van der Waals surface area contributed by atoms with Crippen LogP contribution in [0.2, 0.25) is 0 Å². The normalized spacial score (nSPS) is 19.0. The summed E-state index contributed by atoms with van der Waals surface area (Å²) in [6, 6.07) is 2.67. The van der Waals surface area contributed by atoms with Gasteiger partial charge in [-0.3, -0.25) is 14.4 Å². The molecular formula is C22H31N3O8. The second-order valence-electron chi connectivity index (χ2n) is 8.62. The Bertz CT molecular complexity index is 888. The predicted molar refractivity (Wildman–Crippen MR) is 116 cm³/mol. The van der Waals surface area contributed by atoms with Gasteiger partial charge in [-0.05, 0) is 24.0 Å². The van der Waals surface area contributed by atoms with Gasteiger partial charge in [-0.15, -0.1) is 0 Å². The maximum Gasteiger partial charge on any atom is 0.342 e. The number of aliphatic hydroxyl groups excluding tert-OH is 2. The highest BCUT2D eigenvalue weighted by Gasteiger charge is 2.38. The van der Waals surface area contributed by atoms with Gasteiger partial charge in [-0.1, -0.05) is 26.0 Å². The summed E-state index contributed by atoms with van der Waals surface area (Å²) in [6.07, 6.45) is -4.46. The number of phenolic OH excluding ortho intramolecular Hbond substituents is 1. The van der Waals surface area contributed by atoms with Crippen LogP contribution in [0.4, 0.5) is 0 Å². The molecule has 0 bridgehead atoms. The molecule has 0 saturated heterocycles. The Balaban J connectivity index is 2.19. The molecular weight excluding hydrogens is 434 g/mol. The van der Waals surface area contributed by atoms with Crippen molar-refractivity contribution >= 4 is 23.7 Å². The molecule has 11 heteroatoms. The summed E-state index contributed by atoms with van der Waals surface area (Å²) in [7, 11) is 0. The number of hydrogen-bond donors (Lipinski definition) is 6. The van der Waals surface area contributed by atoms with E-state index in [-0.39, 0.29) is 23.7 Å². The first-order valence-electron chi connectivity index (χ1n) is 10.6. The zero-order valence-corrected chi connectivity index (χ0v) is 18.8. The molecule has 1 aromatic rings. The molecule has 5 unspecified atom stereocenters. The van der Waals surface area contributed by atoms with Crippen LogP contribution in [0.1, 0.15) is 49.5 Å². The van der Waals surface area contributed by atoms with Crippen molar-refractivity contribution in [3.8, 4) is 5.75 Å². The topological polar surface area (TPSA) is 188 Å². The number of nitrogens with two attached hydrogens (primary N) is 1. The molecule has 0 aromatic heterocycles. The highest BCUT2D eigenvalue weighted by atomic mass is 16.5. The summed E-state index contributed by atoms with van der Waals surface area (Å²) in [5.74, 6) is -3.24. The Morgan fingerprint density at radius 1 is 1.21 bits per heavy atom. The van der Waals surface area contributed by atoms with Crippen LogP contribution in [0.3, 0.4) is 0 Å². The molecule has 0 radical (unpaired) electrons. The molecule has 1 aliphatic heterocycles. The van der Waals surface area contributed by atoms with Crippen molar-refractivity contribution in [2.75, 3.05) is 0 Å². The minimum atomic E-state index is -1.99. The fourth-order valence-electron chi connectivity index (χ4n) is 3.86. The Morgan fingerprint density at radius 3 is 2.45 bits per heavy atom. The molecule has 33 heavy (non-hydrogen) atoms. The van der Waals surface area contributed by atoms with E-state index in [9.17, 15) is 34.5 Å². The highest BCUT2D eigenvalue weighted by Crippen LogP contribution is 2.30. The summed E-state index contributed by atoms with van der Waals surface area (Å²) < 4.78 is 5.47. The molecule has 0 aliphatic carbocycles. The number of aromatic hydroxyl groups is 1. The number of cyclic esters (lactones) is 1. The number of nitrogens with one attached hydrogen (secondary N) is 2. The number of ether oxygens (including phenoxy) is 1. The minimum absolute atomic E-state index is 0.0726. The summed E-state index contributed by atoms with van der Waals surface area (Å²) in [5.41, 5.74) is 5.76. The number of benzene rings is 1. The highest BCUT2D eigenvalue weighted by molar-refractivity contribution is 5.95. The maximum absolute atomic E-state index is 12.7. The molecule has 5 atom stereocenters. The van der Waals surface area contributed by atoms with Crippen molar-refractivity contribution in [3.63, 3.8) is 0 Å². The van der Waals surface area contributed by atoms with E-state index in [1.807, 2.05) is 13.8 Å².